The molecule has 0 radical (unpaired) electrons. The Kier molecular flexibility index (Phi) is 6.97. The highest BCUT2D eigenvalue weighted by Gasteiger charge is 2.21. The average molecular weight is 295 g/mol. The molecule has 2 saturated heterocycles. The summed E-state index contributed by atoms with van der Waals surface area (Å²) >= 11 is 0. The number of carbonyl (C=O) groups excluding carboxylic acids is 1. The molecule has 0 saturated carbocycles. The third-order valence-corrected chi connectivity index (χ3v) is 4.76. The first-order chi connectivity index (χ1) is 10.1. The van der Waals surface area contributed by atoms with E-state index in [2.05, 4.69) is 29.4 Å². The monoisotopic (exact) mass is 295 g/mol. The highest BCUT2D eigenvalue weighted by atomic mass is 16.1. The molecular formula is C17H33N3O. The number of rotatable bonds is 7. The van der Waals surface area contributed by atoms with Crippen LogP contribution in [0, 0.1) is 11.8 Å². The van der Waals surface area contributed by atoms with Gasteiger partial charge in [0.25, 0.3) is 0 Å². The first-order valence-corrected chi connectivity index (χ1v) is 8.86. The van der Waals surface area contributed by atoms with Crippen LogP contribution in [0.2, 0.25) is 0 Å². The summed E-state index contributed by atoms with van der Waals surface area (Å²) in [4.78, 5) is 14.4. The lowest BCUT2D eigenvalue weighted by molar-refractivity contribution is -0.121. The molecule has 0 spiro atoms. The van der Waals surface area contributed by atoms with E-state index < -0.39 is 0 Å². The number of amides is 1. The van der Waals surface area contributed by atoms with Crippen LogP contribution in [0.3, 0.4) is 0 Å². The summed E-state index contributed by atoms with van der Waals surface area (Å²) in [5.74, 6) is 1.90. The molecule has 1 amide bonds. The molecule has 0 aliphatic carbocycles. The smallest absolute Gasteiger partial charge is 0.221 e. The second-order valence-electron chi connectivity index (χ2n) is 7.26. The van der Waals surface area contributed by atoms with Gasteiger partial charge in [0.15, 0.2) is 0 Å². The van der Waals surface area contributed by atoms with Crippen molar-refractivity contribution < 1.29 is 4.79 Å². The van der Waals surface area contributed by atoms with Gasteiger partial charge in [-0.25, -0.2) is 0 Å². The van der Waals surface area contributed by atoms with E-state index in [0.717, 1.165) is 37.8 Å². The van der Waals surface area contributed by atoms with Gasteiger partial charge >= 0.3 is 0 Å². The zero-order chi connectivity index (χ0) is 15.1. The molecule has 2 aliphatic heterocycles. The van der Waals surface area contributed by atoms with Crippen molar-refractivity contribution >= 4 is 5.91 Å². The Hall–Kier alpha value is -0.610. The molecule has 2 fully saturated rings. The number of carbonyl (C=O) groups is 1. The minimum absolute atomic E-state index is 0.217. The number of hydrogen-bond acceptors (Lipinski definition) is 3. The molecule has 2 N–H and O–H groups in total. The number of nitrogens with one attached hydrogen (secondary N) is 2. The molecule has 3 unspecified atom stereocenters. The summed E-state index contributed by atoms with van der Waals surface area (Å²) in [5, 5.41) is 6.44. The van der Waals surface area contributed by atoms with E-state index in [4.69, 9.17) is 0 Å². The van der Waals surface area contributed by atoms with Gasteiger partial charge < -0.3 is 15.5 Å². The number of hydrogen-bond donors (Lipinski definition) is 2. The van der Waals surface area contributed by atoms with Crippen LogP contribution in [0.5, 0.6) is 0 Å². The van der Waals surface area contributed by atoms with Crippen molar-refractivity contribution in [2.45, 2.75) is 58.4 Å². The van der Waals surface area contributed by atoms with E-state index in [-0.39, 0.29) is 5.91 Å². The first-order valence-electron chi connectivity index (χ1n) is 8.86. The van der Waals surface area contributed by atoms with Gasteiger partial charge in [0.1, 0.15) is 0 Å². The van der Waals surface area contributed by atoms with Gasteiger partial charge in [0.2, 0.25) is 5.91 Å². The van der Waals surface area contributed by atoms with E-state index in [1.165, 1.54) is 38.9 Å². The summed E-state index contributed by atoms with van der Waals surface area (Å²) in [5.41, 5.74) is 0. The van der Waals surface area contributed by atoms with Crippen LogP contribution in [-0.2, 0) is 4.79 Å². The van der Waals surface area contributed by atoms with Gasteiger partial charge in [-0.3, -0.25) is 4.79 Å². The Bertz CT molecular complexity index is 305. The maximum absolute atomic E-state index is 11.8. The van der Waals surface area contributed by atoms with E-state index in [1.54, 1.807) is 0 Å². The van der Waals surface area contributed by atoms with Gasteiger partial charge in [-0.2, -0.15) is 0 Å². The van der Waals surface area contributed by atoms with Crippen LogP contribution >= 0.6 is 0 Å². The van der Waals surface area contributed by atoms with Crippen LogP contribution in [-0.4, -0.2) is 49.6 Å². The standard InChI is InChI=1S/C17H33N3O/c1-14-10-15(2)13-20(12-14)9-4-3-7-19-17(21)11-16-6-5-8-18-16/h14-16,18H,3-13H2,1-2H3,(H,19,21). The van der Waals surface area contributed by atoms with Crippen LogP contribution in [0.4, 0.5) is 0 Å². The van der Waals surface area contributed by atoms with Crippen molar-refractivity contribution in [2.75, 3.05) is 32.7 Å². The number of piperidine rings is 1. The van der Waals surface area contributed by atoms with Crippen LogP contribution in [0.1, 0.15) is 52.4 Å². The SMILES string of the molecule is CC1CC(C)CN(CCCCNC(=O)CC2CCCN2)C1. The van der Waals surface area contributed by atoms with Gasteiger partial charge in [-0.15, -0.1) is 0 Å². The minimum Gasteiger partial charge on any atom is -0.356 e. The van der Waals surface area contributed by atoms with E-state index >= 15 is 0 Å². The zero-order valence-electron chi connectivity index (χ0n) is 13.9. The third kappa shape index (κ3) is 6.35. The predicted molar refractivity (Wildman–Crippen MR) is 87.3 cm³/mol. The number of nitrogens with zero attached hydrogens (tertiary/aromatic N) is 1. The molecule has 4 heteroatoms. The fourth-order valence-corrected chi connectivity index (χ4v) is 3.89. The maximum Gasteiger partial charge on any atom is 0.221 e. The van der Waals surface area contributed by atoms with Gasteiger partial charge in [-0.1, -0.05) is 13.8 Å². The second-order valence-corrected chi connectivity index (χ2v) is 7.26. The molecule has 0 aromatic heterocycles. The molecule has 0 bridgehead atoms. The number of likely N-dealkylation sites (tertiary alicyclic amines) is 1. The largest absolute Gasteiger partial charge is 0.356 e. The second kappa shape index (κ2) is 8.74. The van der Waals surface area contributed by atoms with Gasteiger partial charge in [-0.05, 0) is 57.0 Å². The van der Waals surface area contributed by atoms with Crippen molar-refractivity contribution in [1.29, 1.82) is 0 Å². The normalized spacial score (nSPS) is 30.5. The minimum atomic E-state index is 0.217. The Morgan fingerprint density at radius 3 is 2.67 bits per heavy atom. The van der Waals surface area contributed by atoms with Crippen molar-refractivity contribution in [1.82, 2.24) is 15.5 Å². The molecule has 122 valence electrons. The third-order valence-electron chi connectivity index (χ3n) is 4.76. The quantitative estimate of drug-likeness (QED) is 0.706. The van der Waals surface area contributed by atoms with Crippen LogP contribution in [0.25, 0.3) is 0 Å². The summed E-state index contributed by atoms with van der Waals surface area (Å²) in [6, 6.07) is 0.418. The first kappa shape index (κ1) is 16.8. The van der Waals surface area contributed by atoms with Crippen LogP contribution < -0.4 is 10.6 Å². The highest BCUT2D eigenvalue weighted by molar-refractivity contribution is 5.76. The summed E-state index contributed by atoms with van der Waals surface area (Å²) < 4.78 is 0. The lowest BCUT2D eigenvalue weighted by Gasteiger charge is -2.34. The molecule has 2 aliphatic rings. The summed E-state index contributed by atoms with van der Waals surface area (Å²) in [6.07, 6.45) is 6.69. The van der Waals surface area contributed by atoms with Crippen molar-refractivity contribution in [3.63, 3.8) is 0 Å². The highest BCUT2D eigenvalue weighted by Crippen LogP contribution is 2.20. The fraction of sp³-hybridized carbons (Fsp3) is 0.941. The van der Waals surface area contributed by atoms with Gasteiger partial charge in [0, 0.05) is 32.1 Å². The van der Waals surface area contributed by atoms with Crippen molar-refractivity contribution in [3.05, 3.63) is 0 Å². The maximum atomic E-state index is 11.8. The molecule has 2 heterocycles. The molecule has 2 rings (SSSR count). The summed E-state index contributed by atoms with van der Waals surface area (Å²) in [6.45, 7) is 10.3. The van der Waals surface area contributed by atoms with Gasteiger partial charge in [0.05, 0.1) is 0 Å². The molecule has 0 aromatic carbocycles. The number of unbranched alkanes of at least 4 members (excludes halogenated alkanes) is 1. The fourth-order valence-electron chi connectivity index (χ4n) is 3.89. The van der Waals surface area contributed by atoms with Crippen molar-refractivity contribution in [3.8, 4) is 0 Å². The Labute approximate surface area is 130 Å². The lowest BCUT2D eigenvalue weighted by atomic mass is 9.92. The lowest BCUT2D eigenvalue weighted by Crippen LogP contribution is -2.39. The van der Waals surface area contributed by atoms with Crippen LogP contribution in [0.15, 0.2) is 0 Å². The molecule has 0 aromatic rings. The Morgan fingerprint density at radius 2 is 2.00 bits per heavy atom. The molecule has 4 nitrogen and oxygen atoms in total. The zero-order valence-corrected chi connectivity index (χ0v) is 13.9. The summed E-state index contributed by atoms with van der Waals surface area (Å²) in [7, 11) is 0. The molecule has 3 atom stereocenters. The average Bonchev–Trinajstić information content (AvgIpc) is 2.90. The Morgan fingerprint density at radius 1 is 1.24 bits per heavy atom. The predicted octanol–water partition coefficient (Wildman–Crippen LogP) is 2.00. The Balaban J connectivity index is 1.48. The topological polar surface area (TPSA) is 44.4 Å². The molecule has 21 heavy (non-hydrogen) atoms. The van der Waals surface area contributed by atoms with E-state index in [1.807, 2.05) is 0 Å². The molecular weight excluding hydrogens is 262 g/mol. The van der Waals surface area contributed by atoms with Crippen molar-refractivity contribution in [2.24, 2.45) is 11.8 Å². The van der Waals surface area contributed by atoms with E-state index in [0.29, 0.717) is 12.5 Å². The van der Waals surface area contributed by atoms with E-state index in [9.17, 15) is 4.79 Å².